The molecule has 0 aromatic heterocycles. The lowest BCUT2D eigenvalue weighted by Gasteiger charge is -2.34. The maximum atomic E-state index is 6.49. The topological polar surface area (TPSA) is 35.2 Å². The van der Waals surface area contributed by atoms with Gasteiger partial charge in [-0.2, -0.15) is 0 Å². The van der Waals surface area contributed by atoms with E-state index in [9.17, 15) is 0 Å². The van der Waals surface area contributed by atoms with E-state index in [4.69, 9.17) is 10.5 Å². The van der Waals surface area contributed by atoms with Gasteiger partial charge in [0.25, 0.3) is 0 Å². The summed E-state index contributed by atoms with van der Waals surface area (Å²) in [7, 11) is 1.81. The standard InChI is InChI=1S/C17H25NO/c1-19-17(11-2-3-12-17)16(18)15-9-7-14(8-10-15)13-5-4-6-13/h7-10,13,16H,2-6,11-12,18H2,1H3. The average Bonchev–Trinajstić information content (AvgIpc) is 2.87. The molecule has 0 amide bonds. The largest absolute Gasteiger partial charge is 0.376 e. The molecule has 2 heteroatoms. The van der Waals surface area contributed by atoms with Crippen molar-refractivity contribution in [2.45, 2.75) is 62.5 Å². The monoisotopic (exact) mass is 259 g/mol. The van der Waals surface area contributed by atoms with Gasteiger partial charge in [0.2, 0.25) is 0 Å². The fraction of sp³-hybridized carbons (Fsp3) is 0.647. The second-order valence-electron chi connectivity index (χ2n) is 6.25. The number of benzene rings is 1. The van der Waals surface area contributed by atoms with Crippen LogP contribution in [-0.2, 0) is 4.74 Å². The van der Waals surface area contributed by atoms with E-state index in [0.717, 1.165) is 18.8 Å². The van der Waals surface area contributed by atoms with Gasteiger partial charge in [0.15, 0.2) is 0 Å². The highest BCUT2D eigenvalue weighted by Crippen LogP contribution is 2.42. The van der Waals surface area contributed by atoms with E-state index >= 15 is 0 Å². The second kappa shape index (κ2) is 5.26. The van der Waals surface area contributed by atoms with Crippen molar-refractivity contribution in [2.24, 2.45) is 5.73 Å². The zero-order valence-electron chi connectivity index (χ0n) is 11.9. The summed E-state index contributed by atoms with van der Waals surface area (Å²) in [6.45, 7) is 0. The first-order valence-corrected chi connectivity index (χ1v) is 7.66. The SMILES string of the molecule is COC1(C(N)c2ccc(C3CCC3)cc2)CCCC1. The van der Waals surface area contributed by atoms with Crippen LogP contribution in [0.3, 0.4) is 0 Å². The summed E-state index contributed by atoms with van der Waals surface area (Å²) in [5.74, 6) is 0.799. The fourth-order valence-corrected chi connectivity index (χ4v) is 3.64. The summed E-state index contributed by atoms with van der Waals surface area (Å²) in [4.78, 5) is 0. The molecule has 0 bridgehead atoms. The van der Waals surface area contributed by atoms with Crippen LogP contribution in [0, 0.1) is 0 Å². The van der Waals surface area contributed by atoms with E-state index in [-0.39, 0.29) is 11.6 Å². The van der Waals surface area contributed by atoms with Crippen molar-refractivity contribution in [3.8, 4) is 0 Å². The van der Waals surface area contributed by atoms with Gasteiger partial charge in [-0.25, -0.2) is 0 Å². The second-order valence-corrected chi connectivity index (χ2v) is 6.25. The molecule has 1 unspecified atom stereocenters. The van der Waals surface area contributed by atoms with E-state index < -0.39 is 0 Å². The predicted molar refractivity (Wildman–Crippen MR) is 78.2 cm³/mol. The molecule has 2 fully saturated rings. The highest BCUT2D eigenvalue weighted by molar-refractivity contribution is 5.30. The number of nitrogens with two attached hydrogens (primary N) is 1. The van der Waals surface area contributed by atoms with E-state index in [1.165, 1.54) is 43.2 Å². The molecule has 1 aromatic rings. The Morgan fingerprint density at radius 3 is 2.21 bits per heavy atom. The van der Waals surface area contributed by atoms with Gasteiger partial charge >= 0.3 is 0 Å². The van der Waals surface area contributed by atoms with Crippen LogP contribution in [0.5, 0.6) is 0 Å². The van der Waals surface area contributed by atoms with Crippen molar-refractivity contribution in [3.63, 3.8) is 0 Å². The molecule has 2 aliphatic rings. The Hall–Kier alpha value is -0.860. The summed E-state index contributed by atoms with van der Waals surface area (Å²) < 4.78 is 5.80. The summed E-state index contributed by atoms with van der Waals surface area (Å²) in [6.07, 6.45) is 8.76. The van der Waals surface area contributed by atoms with Crippen molar-refractivity contribution >= 4 is 0 Å². The molecule has 1 aromatic carbocycles. The van der Waals surface area contributed by atoms with Crippen LogP contribution < -0.4 is 5.73 Å². The maximum absolute atomic E-state index is 6.49. The smallest absolute Gasteiger partial charge is 0.0870 e. The lowest BCUT2D eigenvalue weighted by molar-refractivity contribution is -0.0264. The van der Waals surface area contributed by atoms with E-state index in [2.05, 4.69) is 24.3 Å². The highest BCUT2D eigenvalue weighted by Gasteiger charge is 2.40. The van der Waals surface area contributed by atoms with Crippen LogP contribution in [0.2, 0.25) is 0 Å². The summed E-state index contributed by atoms with van der Waals surface area (Å²) in [5.41, 5.74) is 9.08. The van der Waals surface area contributed by atoms with Crippen LogP contribution >= 0.6 is 0 Å². The lowest BCUT2D eigenvalue weighted by atomic mass is 9.79. The van der Waals surface area contributed by atoms with Gasteiger partial charge in [0, 0.05) is 7.11 Å². The quantitative estimate of drug-likeness (QED) is 0.889. The minimum Gasteiger partial charge on any atom is -0.376 e. The van der Waals surface area contributed by atoms with Gasteiger partial charge in [0.05, 0.1) is 11.6 Å². The predicted octanol–water partition coefficient (Wildman–Crippen LogP) is 3.91. The van der Waals surface area contributed by atoms with E-state index in [1.54, 1.807) is 0 Å². The first-order chi connectivity index (χ1) is 9.25. The van der Waals surface area contributed by atoms with Crippen molar-refractivity contribution in [2.75, 3.05) is 7.11 Å². The Bertz CT molecular complexity index is 415. The van der Waals surface area contributed by atoms with Gasteiger partial charge in [-0.3, -0.25) is 0 Å². The molecule has 19 heavy (non-hydrogen) atoms. The van der Waals surface area contributed by atoms with Crippen molar-refractivity contribution in [1.82, 2.24) is 0 Å². The van der Waals surface area contributed by atoms with Crippen molar-refractivity contribution < 1.29 is 4.74 Å². The molecule has 2 N–H and O–H groups in total. The van der Waals surface area contributed by atoms with E-state index in [1.807, 2.05) is 7.11 Å². The van der Waals surface area contributed by atoms with Crippen molar-refractivity contribution in [1.29, 1.82) is 0 Å². The highest BCUT2D eigenvalue weighted by atomic mass is 16.5. The maximum Gasteiger partial charge on any atom is 0.0870 e. The molecule has 0 spiro atoms. The Kier molecular flexibility index (Phi) is 3.64. The van der Waals surface area contributed by atoms with E-state index in [0.29, 0.717) is 0 Å². The van der Waals surface area contributed by atoms with Crippen LogP contribution in [0.4, 0.5) is 0 Å². The average molecular weight is 259 g/mol. The molecule has 0 heterocycles. The molecule has 0 radical (unpaired) electrons. The third-order valence-corrected chi connectivity index (χ3v) is 5.30. The van der Waals surface area contributed by atoms with Crippen LogP contribution in [0.25, 0.3) is 0 Å². The minimum atomic E-state index is -0.127. The number of methoxy groups -OCH3 is 1. The summed E-state index contributed by atoms with van der Waals surface area (Å²) >= 11 is 0. The fourth-order valence-electron chi connectivity index (χ4n) is 3.64. The van der Waals surface area contributed by atoms with Crippen LogP contribution in [0.1, 0.15) is 68.0 Å². The summed E-state index contributed by atoms with van der Waals surface area (Å²) in [6, 6.07) is 9.00. The van der Waals surface area contributed by atoms with Gasteiger partial charge in [-0.15, -0.1) is 0 Å². The first-order valence-electron chi connectivity index (χ1n) is 7.66. The normalized spacial score (nSPS) is 24.1. The molecular formula is C17H25NO. The number of hydrogen-bond donors (Lipinski definition) is 1. The minimum absolute atomic E-state index is 0.00967. The Morgan fingerprint density at radius 2 is 1.74 bits per heavy atom. The Labute approximate surface area is 116 Å². The molecule has 2 nitrogen and oxygen atoms in total. The van der Waals surface area contributed by atoms with Crippen molar-refractivity contribution in [3.05, 3.63) is 35.4 Å². The number of rotatable bonds is 4. The molecule has 0 aliphatic heterocycles. The van der Waals surface area contributed by atoms with Gasteiger partial charge < -0.3 is 10.5 Å². The van der Waals surface area contributed by atoms with Gasteiger partial charge in [0.1, 0.15) is 0 Å². The summed E-state index contributed by atoms with van der Waals surface area (Å²) in [5, 5.41) is 0. The molecule has 2 saturated carbocycles. The molecule has 0 saturated heterocycles. The third-order valence-electron chi connectivity index (χ3n) is 5.30. The molecule has 3 rings (SSSR count). The molecular weight excluding hydrogens is 234 g/mol. The Morgan fingerprint density at radius 1 is 1.11 bits per heavy atom. The third kappa shape index (κ3) is 2.32. The van der Waals surface area contributed by atoms with Crippen LogP contribution in [0.15, 0.2) is 24.3 Å². The first kappa shape index (κ1) is 13.1. The molecule has 2 aliphatic carbocycles. The molecule has 1 atom stereocenters. The number of ether oxygens (including phenoxy) is 1. The van der Waals surface area contributed by atoms with Crippen LogP contribution in [-0.4, -0.2) is 12.7 Å². The lowest BCUT2D eigenvalue weighted by Crippen LogP contribution is -2.40. The molecule has 104 valence electrons. The zero-order valence-corrected chi connectivity index (χ0v) is 11.9. The van der Waals surface area contributed by atoms with Gasteiger partial charge in [-0.1, -0.05) is 43.5 Å². The van der Waals surface area contributed by atoms with Gasteiger partial charge in [-0.05, 0) is 42.7 Å². The Balaban J connectivity index is 1.77. The number of hydrogen-bond acceptors (Lipinski definition) is 2. The zero-order chi connectivity index (χ0) is 13.3.